The molecule has 1 unspecified atom stereocenters. The second-order valence-electron chi connectivity index (χ2n) is 7.48. The van der Waals surface area contributed by atoms with Crippen LogP contribution < -0.4 is 5.32 Å². The molecule has 1 atom stereocenters. The summed E-state index contributed by atoms with van der Waals surface area (Å²) >= 11 is 1.26. The van der Waals surface area contributed by atoms with Crippen LogP contribution >= 0.6 is 11.3 Å². The van der Waals surface area contributed by atoms with E-state index in [0.29, 0.717) is 22.9 Å². The van der Waals surface area contributed by atoms with Crippen molar-refractivity contribution in [2.75, 3.05) is 11.9 Å². The summed E-state index contributed by atoms with van der Waals surface area (Å²) in [5.41, 5.74) is 1.72. The predicted octanol–water partition coefficient (Wildman–Crippen LogP) is 4.76. The minimum Gasteiger partial charge on any atom is -0.298 e. The van der Waals surface area contributed by atoms with E-state index in [-0.39, 0.29) is 22.7 Å². The molecular formula is C22H22FN3O3S2. The van der Waals surface area contributed by atoms with Crippen molar-refractivity contribution in [1.29, 1.82) is 0 Å². The summed E-state index contributed by atoms with van der Waals surface area (Å²) in [6.45, 7) is 2.44. The molecule has 1 aromatic heterocycles. The summed E-state index contributed by atoms with van der Waals surface area (Å²) in [5.74, 6) is -0.706. The fraction of sp³-hybridized carbons (Fsp3) is 0.273. The molecule has 0 saturated carbocycles. The number of carbonyl (C=O) groups excluding carboxylic acids is 1. The SMILES string of the molecule is CC1CCCCN1S(=O)(=O)c1ccc(C(=O)Nc2nc(-c3ccc(F)cc3)cs2)cc1. The minimum absolute atomic E-state index is 0.0260. The van der Waals surface area contributed by atoms with E-state index in [9.17, 15) is 17.6 Å². The molecule has 0 bridgehead atoms. The first-order valence-electron chi connectivity index (χ1n) is 9.99. The standard InChI is InChI=1S/C22H22FN3O3S2/c1-15-4-2-3-13-26(15)31(28,29)19-11-7-17(8-12-19)21(27)25-22-24-20(14-30-22)16-5-9-18(23)10-6-16/h5-12,14-15H,2-4,13H2,1H3,(H,24,25,27). The van der Waals surface area contributed by atoms with Gasteiger partial charge in [0.25, 0.3) is 5.91 Å². The number of sulfonamides is 1. The number of benzene rings is 2. The van der Waals surface area contributed by atoms with E-state index in [1.165, 1.54) is 52.0 Å². The van der Waals surface area contributed by atoms with Gasteiger partial charge in [0.2, 0.25) is 10.0 Å². The fourth-order valence-corrected chi connectivity index (χ4v) is 6.01. The zero-order valence-electron chi connectivity index (χ0n) is 16.9. The zero-order chi connectivity index (χ0) is 22.0. The van der Waals surface area contributed by atoms with Crippen LogP contribution in [0.25, 0.3) is 11.3 Å². The minimum atomic E-state index is -3.58. The van der Waals surface area contributed by atoms with E-state index < -0.39 is 10.0 Å². The zero-order valence-corrected chi connectivity index (χ0v) is 18.5. The number of rotatable bonds is 5. The number of hydrogen-bond donors (Lipinski definition) is 1. The molecule has 0 aliphatic carbocycles. The van der Waals surface area contributed by atoms with Gasteiger partial charge < -0.3 is 0 Å². The molecule has 2 aromatic carbocycles. The van der Waals surface area contributed by atoms with Crippen molar-refractivity contribution in [3.63, 3.8) is 0 Å². The van der Waals surface area contributed by atoms with E-state index in [4.69, 9.17) is 0 Å². The maximum absolute atomic E-state index is 13.1. The molecule has 0 radical (unpaired) electrons. The third-order valence-corrected chi connectivity index (χ3v) is 8.12. The monoisotopic (exact) mass is 459 g/mol. The molecule has 0 spiro atoms. The Balaban J connectivity index is 1.46. The normalized spacial score (nSPS) is 17.4. The Hall–Kier alpha value is -2.62. The van der Waals surface area contributed by atoms with Crippen LogP contribution in [-0.4, -0.2) is 36.2 Å². The van der Waals surface area contributed by atoms with Gasteiger partial charge >= 0.3 is 0 Å². The third-order valence-electron chi connectivity index (χ3n) is 5.33. The molecule has 2 heterocycles. The van der Waals surface area contributed by atoms with Crippen molar-refractivity contribution in [2.45, 2.75) is 37.1 Å². The van der Waals surface area contributed by atoms with Gasteiger partial charge in [-0.25, -0.2) is 17.8 Å². The third kappa shape index (κ3) is 4.68. The molecule has 31 heavy (non-hydrogen) atoms. The van der Waals surface area contributed by atoms with E-state index in [1.807, 2.05) is 6.92 Å². The van der Waals surface area contributed by atoms with Crippen molar-refractivity contribution in [2.24, 2.45) is 0 Å². The second-order valence-corrected chi connectivity index (χ2v) is 10.2. The highest BCUT2D eigenvalue weighted by Crippen LogP contribution is 2.27. The molecule has 1 fully saturated rings. The van der Waals surface area contributed by atoms with Crippen molar-refractivity contribution >= 4 is 32.4 Å². The topological polar surface area (TPSA) is 79.4 Å². The molecule has 3 aromatic rings. The Bertz CT molecular complexity index is 1180. The van der Waals surface area contributed by atoms with Gasteiger partial charge in [0.15, 0.2) is 5.13 Å². The number of hydrogen-bond acceptors (Lipinski definition) is 5. The summed E-state index contributed by atoms with van der Waals surface area (Å²) in [6.07, 6.45) is 2.75. The molecular weight excluding hydrogens is 437 g/mol. The quantitative estimate of drug-likeness (QED) is 0.596. The summed E-state index contributed by atoms with van der Waals surface area (Å²) in [5, 5.41) is 4.90. The molecule has 162 valence electrons. The molecule has 9 heteroatoms. The van der Waals surface area contributed by atoms with Crippen LogP contribution in [0.15, 0.2) is 58.8 Å². The number of thiazole rings is 1. The van der Waals surface area contributed by atoms with E-state index in [1.54, 1.807) is 17.5 Å². The molecule has 6 nitrogen and oxygen atoms in total. The number of halogens is 1. The summed E-state index contributed by atoms with van der Waals surface area (Å²) in [7, 11) is -3.58. The first kappa shape index (κ1) is 21.6. The number of carbonyl (C=O) groups is 1. The number of nitrogens with one attached hydrogen (secondary N) is 1. The van der Waals surface area contributed by atoms with Crippen molar-refractivity contribution in [1.82, 2.24) is 9.29 Å². The van der Waals surface area contributed by atoms with E-state index >= 15 is 0 Å². The maximum atomic E-state index is 13.1. The van der Waals surface area contributed by atoms with Crippen LogP contribution in [0.1, 0.15) is 36.5 Å². The molecule has 1 N–H and O–H groups in total. The molecule has 1 amide bonds. The molecule has 4 rings (SSSR count). The number of piperidine rings is 1. The average molecular weight is 460 g/mol. The number of nitrogens with zero attached hydrogens (tertiary/aromatic N) is 2. The molecule has 1 aliphatic rings. The lowest BCUT2D eigenvalue weighted by atomic mass is 10.1. The Kier molecular flexibility index (Phi) is 6.17. The van der Waals surface area contributed by atoms with Crippen molar-refractivity contribution < 1.29 is 17.6 Å². The van der Waals surface area contributed by atoms with Crippen molar-refractivity contribution in [3.8, 4) is 11.3 Å². The molecule has 1 aliphatic heterocycles. The second kappa shape index (κ2) is 8.86. The van der Waals surface area contributed by atoms with Gasteiger partial charge in [0, 0.05) is 29.1 Å². The lowest BCUT2D eigenvalue weighted by Crippen LogP contribution is -2.41. The van der Waals surface area contributed by atoms with Crippen LogP contribution in [-0.2, 0) is 10.0 Å². The average Bonchev–Trinajstić information content (AvgIpc) is 3.23. The van der Waals surface area contributed by atoms with Crippen LogP contribution in [0.4, 0.5) is 9.52 Å². The smallest absolute Gasteiger partial charge is 0.257 e. The van der Waals surface area contributed by atoms with Gasteiger partial charge in [0.1, 0.15) is 5.82 Å². The lowest BCUT2D eigenvalue weighted by molar-refractivity contribution is 0.102. The Morgan fingerprint density at radius 3 is 2.52 bits per heavy atom. The number of aromatic nitrogens is 1. The highest BCUT2D eigenvalue weighted by atomic mass is 32.2. The number of anilines is 1. The van der Waals surface area contributed by atoms with Crippen LogP contribution in [0.5, 0.6) is 0 Å². The highest BCUT2D eigenvalue weighted by molar-refractivity contribution is 7.89. The Morgan fingerprint density at radius 1 is 1.13 bits per heavy atom. The van der Waals surface area contributed by atoms with Gasteiger partial charge in [0.05, 0.1) is 10.6 Å². The van der Waals surface area contributed by atoms with Gasteiger partial charge in [-0.15, -0.1) is 11.3 Å². The fourth-order valence-electron chi connectivity index (χ4n) is 3.60. The van der Waals surface area contributed by atoms with Gasteiger partial charge in [-0.2, -0.15) is 4.31 Å². The van der Waals surface area contributed by atoms with Crippen molar-refractivity contribution in [3.05, 3.63) is 65.3 Å². The predicted molar refractivity (Wildman–Crippen MR) is 119 cm³/mol. The van der Waals surface area contributed by atoms with E-state index in [2.05, 4.69) is 10.3 Å². The highest BCUT2D eigenvalue weighted by Gasteiger charge is 2.30. The summed E-state index contributed by atoms with van der Waals surface area (Å²) < 4.78 is 40.5. The molecule has 1 saturated heterocycles. The largest absolute Gasteiger partial charge is 0.298 e. The number of amides is 1. The van der Waals surface area contributed by atoms with Gasteiger partial charge in [-0.05, 0) is 68.3 Å². The van der Waals surface area contributed by atoms with Crippen LogP contribution in [0.2, 0.25) is 0 Å². The van der Waals surface area contributed by atoms with Crippen LogP contribution in [0.3, 0.4) is 0 Å². The first-order valence-corrected chi connectivity index (χ1v) is 12.3. The first-order chi connectivity index (χ1) is 14.8. The Labute approximate surface area is 184 Å². The lowest BCUT2D eigenvalue weighted by Gasteiger charge is -2.32. The van der Waals surface area contributed by atoms with Crippen LogP contribution in [0, 0.1) is 5.82 Å². The maximum Gasteiger partial charge on any atom is 0.257 e. The Morgan fingerprint density at radius 2 is 1.84 bits per heavy atom. The van der Waals surface area contributed by atoms with Gasteiger partial charge in [-0.1, -0.05) is 6.42 Å². The van der Waals surface area contributed by atoms with Gasteiger partial charge in [-0.3, -0.25) is 10.1 Å². The summed E-state index contributed by atoms with van der Waals surface area (Å²) in [4.78, 5) is 17.1. The van der Waals surface area contributed by atoms with E-state index in [0.717, 1.165) is 24.8 Å². The summed E-state index contributed by atoms with van der Waals surface area (Å²) in [6, 6.07) is 11.9.